The van der Waals surface area contributed by atoms with Gasteiger partial charge in [-0.2, -0.15) is 0 Å². The van der Waals surface area contributed by atoms with Crippen molar-refractivity contribution in [3.63, 3.8) is 0 Å². The molecule has 0 amide bonds. The summed E-state index contributed by atoms with van der Waals surface area (Å²) >= 11 is 0. The normalized spacial score (nSPS) is 20.2. The molecule has 0 aromatic heterocycles. The van der Waals surface area contributed by atoms with Crippen LogP contribution in [0.4, 0.5) is 10.1 Å². The molecule has 2 rings (SSSR count). The number of carbonyl (C=O) groups is 1. The second kappa shape index (κ2) is 4.71. The van der Waals surface area contributed by atoms with Gasteiger partial charge in [0.15, 0.2) is 6.29 Å². The molecule has 1 saturated heterocycles. The van der Waals surface area contributed by atoms with Gasteiger partial charge < -0.3 is 4.90 Å². The lowest BCUT2D eigenvalue weighted by molar-refractivity contribution is 0.112. The van der Waals surface area contributed by atoms with Gasteiger partial charge in [-0.3, -0.25) is 4.79 Å². The first-order valence-electron chi connectivity index (χ1n) is 6.41. The number of hydrogen-bond acceptors (Lipinski definition) is 2. The Labute approximate surface area is 108 Å². The van der Waals surface area contributed by atoms with Crippen LogP contribution in [0.25, 0.3) is 0 Å². The maximum Gasteiger partial charge on any atom is 0.152 e. The van der Waals surface area contributed by atoms with Gasteiger partial charge in [0, 0.05) is 24.3 Å². The summed E-state index contributed by atoms with van der Waals surface area (Å²) in [6, 6.07) is 4.45. The van der Waals surface area contributed by atoms with Crippen LogP contribution in [-0.4, -0.2) is 19.4 Å². The van der Waals surface area contributed by atoms with Crippen LogP contribution < -0.4 is 4.90 Å². The predicted molar refractivity (Wildman–Crippen MR) is 71.6 cm³/mol. The Balaban J connectivity index is 2.22. The van der Waals surface area contributed by atoms with E-state index in [1.165, 1.54) is 12.1 Å². The molecule has 3 heteroatoms. The number of aldehydes is 1. The van der Waals surface area contributed by atoms with Crippen LogP contribution in [0.15, 0.2) is 18.2 Å². The summed E-state index contributed by atoms with van der Waals surface area (Å²) in [5, 5.41) is 0. The first-order chi connectivity index (χ1) is 8.41. The Hall–Kier alpha value is -1.38. The number of rotatable bonds is 2. The zero-order valence-electron chi connectivity index (χ0n) is 11.2. The van der Waals surface area contributed by atoms with Gasteiger partial charge in [0.05, 0.1) is 0 Å². The molecule has 0 aliphatic carbocycles. The number of carbonyl (C=O) groups excluding carboxylic acids is 1. The van der Waals surface area contributed by atoms with Gasteiger partial charge in [0.1, 0.15) is 5.82 Å². The van der Waals surface area contributed by atoms with E-state index < -0.39 is 0 Å². The number of benzene rings is 1. The summed E-state index contributed by atoms with van der Waals surface area (Å²) in [5.41, 5.74) is 1.58. The van der Waals surface area contributed by atoms with Gasteiger partial charge in [0.2, 0.25) is 0 Å². The van der Waals surface area contributed by atoms with Crippen LogP contribution in [-0.2, 0) is 0 Å². The van der Waals surface area contributed by atoms with Crippen LogP contribution in [0.5, 0.6) is 0 Å². The van der Waals surface area contributed by atoms with Gasteiger partial charge in [-0.25, -0.2) is 4.39 Å². The maximum atomic E-state index is 13.1. The van der Waals surface area contributed by atoms with Crippen molar-refractivity contribution in [1.82, 2.24) is 0 Å². The van der Waals surface area contributed by atoms with Crippen LogP contribution in [0, 0.1) is 17.2 Å². The number of nitrogens with zero attached hydrogens (tertiary/aromatic N) is 1. The van der Waals surface area contributed by atoms with Crippen molar-refractivity contribution in [2.45, 2.75) is 27.2 Å². The molecule has 1 aromatic carbocycles. The highest BCUT2D eigenvalue weighted by Gasteiger charge is 2.32. The molecule has 1 aromatic rings. The van der Waals surface area contributed by atoms with E-state index in [1.54, 1.807) is 6.07 Å². The molecule has 2 nitrogen and oxygen atoms in total. The van der Waals surface area contributed by atoms with E-state index in [4.69, 9.17) is 0 Å². The van der Waals surface area contributed by atoms with Crippen molar-refractivity contribution >= 4 is 12.0 Å². The molecular weight excluding hydrogens is 229 g/mol. The van der Waals surface area contributed by atoms with E-state index in [0.29, 0.717) is 11.5 Å². The van der Waals surface area contributed by atoms with E-state index >= 15 is 0 Å². The van der Waals surface area contributed by atoms with E-state index in [-0.39, 0.29) is 11.2 Å². The molecule has 0 N–H and O–H groups in total. The Morgan fingerprint density at radius 2 is 2.11 bits per heavy atom. The fraction of sp³-hybridized carbons (Fsp3) is 0.533. The quantitative estimate of drug-likeness (QED) is 0.747. The summed E-state index contributed by atoms with van der Waals surface area (Å²) in [6.45, 7) is 8.61. The molecule has 98 valence electrons. The summed E-state index contributed by atoms with van der Waals surface area (Å²) in [5.74, 6) is 0.259. The minimum Gasteiger partial charge on any atom is -0.371 e. The summed E-state index contributed by atoms with van der Waals surface area (Å²) in [4.78, 5) is 13.2. The lowest BCUT2D eigenvalue weighted by Gasteiger charge is -2.27. The van der Waals surface area contributed by atoms with Crippen molar-refractivity contribution in [2.75, 3.05) is 18.0 Å². The molecule has 1 fully saturated rings. The molecule has 18 heavy (non-hydrogen) atoms. The minimum absolute atomic E-state index is 0.274. The van der Waals surface area contributed by atoms with E-state index in [1.807, 2.05) is 0 Å². The maximum absolute atomic E-state index is 13.1. The third-order valence-electron chi connectivity index (χ3n) is 3.87. The molecule has 1 unspecified atom stereocenters. The third kappa shape index (κ3) is 2.55. The fourth-order valence-corrected chi connectivity index (χ4v) is 2.59. The van der Waals surface area contributed by atoms with Gasteiger partial charge in [0.25, 0.3) is 0 Å². The number of halogens is 1. The van der Waals surface area contributed by atoms with Gasteiger partial charge in [-0.05, 0) is 36.0 Å². The second-order valence-corrected chi connectivity index (χ2v) is 6.12. The summed E-state index contributed by atoms with van der Waals surface area (Å²) in [7, 11) is 0. The van der Waals surface area contributed by atoms with Crippen molar-refractivity contribution < 1.29 is 9.18 Å². The second-order valence-electron chi connectivity index (χ2n) is 6.12. The molecule has 0 spiro atoms. The highest BCUT2D eigenvalue weighted by atomic mass is 19.1. The van der Waals surface area contributed by atoms with Gasteiger partial charge >= 0.3 is 0 Å². The summed E-state index contributed by atoms with van der Waals surface area (Å²) in [6.07, 6.45) is 1.86. The first-order valence-corrected chi connectivity index (χ1v) is 6.41. The van der Waals surface area contributed by atoms with Gasteiger partial charge in [-0.15, -0.1) is 0 Å². The largest absolute Gasteiger partial charge is 0.371 e. The van der Waals surface area contributed by atoms with E-state index in [2.05, 4.69) is 25.7 Å². The van der Waals surface area contributed by atoms with Crippen LogP contribution in [0.1, 0.15) is 37.6 Å². The Morgan fingerprint density at radius 1 is 1.39 bits per heavy atom. The third-order valence-corrected chi connectivity index (χ3v) is 3.87. The highest BCUT2D eigenvalue weighted by molar-refractivity contribution is 5.84. The molecule has 0 saturated carbocycles. The Bertz CT molecular complexity index is 450. The molecule has 1 heterocycles. The Kier molecular flexibility index (Phi) is 3.42. The molecule has 1 atom stereocenters. The zero-order chi connectivity index (χ0) is 13.3. The molecular formula is C15H20FNO. The average Bonchev–Trinajstić information content (AvgIpc) is 2.77. The highest BCUT2D eigenvalue weighted by Crippen LogP contribution is 2.36. The van der Waals surface area contributed by atoms with Gasteiger partial charge in [-0.1, -0.05) is 20.8 Å². The van der Waals surface area contributed by atoms with Crippen molar-refractivity contribution in [3.8, 4) is 0 Å². The molecule has 1 aliphatic heterocycles. The standard InChI is InChI=1S/C15H20FNO/c1-15(2,3)12-6-7-17(9-12)14-5-4-13(16)8-11(14)10-18/h4-5,8,10,12H,6-7,9H2,1-3H3. The zero-order valence-corrected chi connectivity index (χ0v) is 11.2. The Morgan fingerprint density at radius 3 is 2.67 bits per heavy atom. The predicted octanol–water partition coefficient (Wildman–Crippen LogP) is 3.51. The first kappa shape index (κ1) is 13.1. The monoisotopic (exact) mass is 249 g/mol. The van der Waals surface area contributed by atoms with Crippen molar-refractivity contribution in [1.29, 1.82) is 0 Å². The fourth-order valence-electron chi connectivity index (χ4n) is 2.59. The van der Waals surface area contributed by atoms with Crippen LogP contribution >= 0.6 is 0 Å². The lowest BCUT2D eigenvalue weighted by Crippen LogP contribution is -2.26. The topological polar surface area (TPSA) is 20.3 Å². The number of anilines is 1. The smallest absolute Gasteiger partial charge is 0.152 e. The van der Waals surface area contributed by atoms with E-state index in [0.717, 1.165) is 31.5 Å². The number of hydrogen-bond donors (Lipinski definition) is 0. The SMILES string of the molecule is CC(C)(C)C1CCN(c2ccc(F)cc2C=O)C1. The van der Waals surface area contributed by atoms with Crippen LogP contribution in [0.3, 0.4) is 0 Å². The molecule has 0 bridgehead atoms. The van der Waals surface area contributed by atoms with Crippen molar-refractivity contribution in [3.05, 3.63) is 29.6 Å². The minimum atomic E-state index is -0.354. The van der Waals surface area contributed by atoms with E-state index in [9.17, 15) is 9.18 Å². The average molecular weight is 249 g/mol. The van der Waals surface area contributed by atoms with Crippen LogP contribution in [0.2, 0.25) is 0 Å². The molecule has 1 aliphatic rings. The molecule has 0 radical (unpaired) electrons. The lowest BCUT2D eigenvalue weighted by atomic mass is 9.80. The summed E-state index contributed by atoms with van der Waals surface area (Å²) < 4.78 is 13.1. The van der Waals surface area contributed by atoms with Crippen molar-refractivity contribution in [2.24, 2.45) is 11.3 Å².